The summed E-state index contributed by atoms with van der Waals surface area (Å²) in [6.07, 6.45) is 2.01. The van der Waals surface area contributed by atoms with Crippen molar-refractivity contribution in [1.82, 2.24) is 10.2 Å². The monoisotopic (exact) mass is 372 g/mol. The number of aliphatic hydroxyl groups is 1. The summed E-state index contributed by atoms with van der Waals surface area (Å²) in [5.74, 6) is 0. The van der Waals surface area contributed by atoms with E-state index in [1.54, 1.807) is 24.1 Å². The Morgan fingerprint density at radius 1 is 1.42 bits per heavy atom. The normalized spacial score (nSPS) is 25.4. The molecule has 2 atom stereocenters. The number of hydrogen-bond donors (Lipinski definition) is 2. The van der Waals surface area contributed by atoms with Gasteiger partial charge in [0.15, 0.2) is 0 Å². The predicted molar refractivity (Wildman–Crippen MR) is 93.4 cm³/mol. The Hall–Kier alpha value is -1.01. The van der Waals surface area contributed by atoms with Crippen LogP contribution in [-0.2, 0) is 11.3 Å². The maximum Gasteiger partial charge on any atom is 0.317 e. The van der Waals surface area contributed by atoms with Crippen molar-refractivity contribution in [2.75, 3.05) is 20.2 Å². The zero-order valence-corrected chi connectivity index (χ0v) is 15.1. The first-order valence-corrected chi connectivity index (χ1v) is 8.89. The van der Waals surface area contributed by atoms with Crippen LogP contribution < -0.4 is 5.32 Å². The molecular weight excluding hydrogens is 351 g/mol. The number of methoxy groups -OCH3 is 1. The first kappa shape index (κ1) is 17.8. The van der Waals surface area contributed by atoms with Crippen molar-refractivity contribution in [2.24, 2.45) is 5.41 Å². The highest BCUT2D eigenvalue weighted by Crippen LogP contribution is 2.50. The van der Waals surface area contributed by atoms with Gasteiger partial charge in [0.05, 0.1) is 12.2 Å². The molecule has 1 saturated heterocycles. The molecule has 0 radical (unpaired) electrons. The fourth-order valence-electron chi connectivity index (χ4n) is 3.79. The highest BCUT2D eigenvalue weighted by atomic mass is 35.5. The SMILES string of the molecule is CO[C@@H]1C[C@H](O)C12CCN(C(=O)NCc1ccc(Cl)cc1Cl)CC2. The Morgan fingerprint density at radius 2 is 2.12 bits per heavy atom. The van der Waals surface area contributed by atoms with E-state index in [1.807, 2.05) is 6.07 Å². The Balaban J connectivity index is 1.52. The number of urea groups is 1. The van der Waals surface area contributed by atoms with Crippen LogP contribution in [0, 0.1) is 5.41 Å². The largest absolute Gasteiger partial charge is 0.392 e. The van der Waals surface area contributed by atoms with Crippen LogP contribution in [0.4, 0.5) is 4.79 Å². The summed E-state index contributed by atoms with van der Waals surface area (Å²) in [6.45, 7) is 1.61. The average molecular weight is 373 g/mol. The Morgan fingerprint density at radius 3 is 2.71 bits per heavy atom. The molecule has 1 aromatic carbocycles. The van der Waals surface area contributed by atoms with Crippen LogP contribution in [0.1, 0.15) is 24.8 Å². The van der Waals surface area contributed by atoms with Crippen molar-refractivity contribution >= 4 is 29.2 Å². The van der Waals surface area contributed by atoms with E-state index >= 15 is 0 Å². The molecule has 1 aliphatic heterocycles. The molecular formula is C17H22Cl2N2O3. The number of rotatable bonds is 3. The summed E-state index contributed by atoms with van der Waals surface area (Å²) in [7, 11) is 1.69. The van der Waals surface area contributed by atoms with Crippen LogP contribution >= 0.6 is 23.2 Å². The summed E-state index contributed by atoms with van der Waals surface area (Å²) in [5.41, 5.74) is 0.655. The molecule has 5 nitrogen and oxygen atoms in total. The van der Waals surface area contributed by atoms with Gasteiger partial charge in [-0.25, -0.2) is 4.79 Å². The molecule has 0 unspecified atom stereocenters. The maximum atomic E-state index is 12.4. The molecule has 1 saturated carbocycles. The van der Waals surface area contributed by atoms with Gasteiger partial charge in [-0.2, -0.15) is 0 Å². The molecule has 2 amide bonds. The Bertz CT molecular complexity index is 618. The third-order valence-electron chi connectivity index (χ3n) is 5.45. The van der Waals surface area contributed by atoms with Crippen molar-refractivity contribution < 1.29 is 14.6 Å². The molecule has 2 aliphatic rings. The van der Waals surface area contributed by atoms with Crippen LogP contribution in [0.2, 0.25) is 10.0 Å². The number of nitrogens with one attached hydrogen (secondary N) is 1. The van der Waals surface area contributed by atoms with Gasteiger partial charge in [0.1, 0.15) is 0 Å². The van der Waals surface area contributed by atoms with Crippen molar-refractivity contribution in [2.45, 2.75) is 38.0 Å². The van der Waals surface area contributed by atoms with Gasteiger partial charge in [0.25, 0.3) is 0 Å². The van der Waals surface area contributed by atoms with Crippen molar-refractivity contribution in [3.8, 4) is 0 Å². The zero-order chi connectivity index (χ0) is 17.3. The third-order valence-corrected chi connectivity index (χ3v) is 6.04. The van der Waals surface area contributed by atoms with Crippen LogP contribution in [-0.4, -0.2) is 48.4 Å². The first-order chi connectivity index (χ1) is 11.5. The lowest BCUT2D eigenvalue weighted by Crippen LogP contribution is -2.63. The number of likely N-dealkylation sites (tertiary alicyclic amines) is 1. The molecule has 2 fully saturated rings. The molecule has 1 aromatic rings. The fourth-order valence-corrected chi connectivity index (χ4v) is 4.26. The second-order valence-electron chi connectivity index (χ2n) is 6.59. The van der Waals surface area contributed by atoms with Crippen molar-refractivity contribution in [1.29, 1.82) is 0 Å². The number of piperidine rings is 1. The molecule has 7 heteroatoms. The molecule has 2 N–H and O–H groups in total. The van der Waals surface area contributed by atoms with Gasteiger partial charge < -0.3 is 20.1 Å². The van der Waals surface area contributed by atoms with E-state index in [1.165, 1.54) is 0 Å². The predicted octanol–water partition coefficient (Wildman–Crippen LogP) is 3.06. The highest BCUT2D eigenvalue weighted by molar-refractivity contribution is 6.35. The number of amides is 2. The minimum absolute atomic E-state index is 0.102. The van der Waals surface area contributed by atoms with E-state index < -0.39 is 0 Å². The lowest BCUT2D eigenvalue weighted by Gasteiger charge is -2.56. The zero-order valence-electron chi connectivity index (χ0n) is 13.6. The summed E-state index contributed by atoms with van der Waals surface area (Å²) in [6, 6.07) is 5.11. The quantitative estimate of drug-likeness (QED) is 0.856. The van der Waals surface area contributed by atoms with E-state index in [-0.39, 0.29) is 23.7 Å². The van der Waals surface area contributed by atoms with Gasteiger partial charge in [-0.15, -0.1) is 0 Å². The minimum atomic E-state index is -0.319. The number of halogens is 2. The Labute approximate surface area is 151 Å². The minimum Gasteiger partial charge on any atom is -0.392 e. The van der Waals surface area contributed by atoms with Crippen LogP contribution in [0.5, 0.6) is 0 Å². The topological polar surface area (TPSA) is 61.8 Å². The van der Waals surface area contributed by atoms with Gasteiger partial charge >= 0.3 is 6.03 Å². The number of nitrogens with zero attached hydrogens (tertiary/aromatic N) is 1. The molecule has 24 heavy (non-hydrogen) atoms. The first-order valence-electron chi connectivity index (χ1n) is 8.14. The molecule has 0 bridgehead atoms. The molecule has 132 valence electrons. The molecule has 0 aromatic heterocycles. The molecule has 1 spiro atoms. The van der Waals surface area contributed by atoms with Crippen LogP contribution in [0.25, 0.3) is 0 Å². The van der Waals surface area contributed by atoms with Gasteiger partial charge in [-0.3, -0.25) is 0 Å². The third kappa shape index (κ3) is 3.23. The van der Waals surface area contributed by atoms with Gasteiger partial charge in [0, 0.05) is 48.6 Å². The summed E-state index contributed by atoms with van der Waals surface area (Å²) >= 11 is 12.0. The average Bonchev–Trinajstić information content (AvgIpc) is 2.58. The molecule has 3 rings (SSSR count). The molecule has 1 heterocycles. The van der Waals surface area contributed by atoms with E-state index in [9.17, 15) is 9.90 Å². The summed E-state index contributed by atoms with van der Waals surface area (Å²) < 4.78 is 5.47. The number of ether oxygens (including phenoxy) is 1. The number of benzene rings is 1. The smallest absolute Gasteiger partial charge is 0.317 e. The Kier molecular flexibility index (Phi) is 5.25. The van der Waals surface area contributed by atoms with Crippen molar-refractivity contribution in [3.05, 3.63) is 33.8 Å². The maximum absolute atomic E-state index is 12.4. The van der Waals surface area contributed by atoms with Crippen molar-refractivity contribution in [3.63, 3.8) is 0 Å². The standard InChI is InChI=1S/C17H22Cl2N2O3/c1-24-15-9-14(22)17(15)4-6-21(7-5-17)16(23)20-10-11-2-3-12(18)8-13(11)19/h2-3,8,14-15,22H,4-7,9-10H2,1H3,(H,20,23)/t14-,15+/m0/s1. The number of aliphatic hydroxyl groups excluding tert-OH is 1. The van der Waals surface area contributed by atoms with E-state index in [2.05, 4.69) is 5.32 Å². The second-order valence-corrected chi connectivity index (χ2v) is 7.43. The second kappa shape index (κ2) is 7.08. The van der Waals surface area contributed by atoms with Crippen LogP contribution in [0.15, 0.2) is 18.2 Å². The van der Waals surface area contributed by atoms with E-state index in [0.29, 0.717) is 36.1 Å². The lowest BCUT2D eigenvalue weighted by molar-refractivity contribution is -0.198. The van der Waals surface area contributed by atoms with E-state index in [4.69, 9.17) is 27.9 Å². The number of carbonyl (C=O) groups is 1. The van der Waals surface area contributed by atoms with Crippen LogP contribution in [0.3, 0.4) is 0 Å². The fraction of sp³-hybridized carbons (Fsp3) is 0.588. The highest BCUT2D eigenvalue weighted by Gasteiger charge is 2.56. The number of carbonyl (C=O) groups excluding carboxylic acids is 1. The summed E-state index contributed by atoms with van der Waals surface area (Å²) in [5, 5.41) is 14.1. The van der Waals surface area contributed by atoms with Gasteiger partial charge in [-0.1, -0.05) is 29.3 Å². The lowest BCUT2D eigenvalue weighted by atomic mass is 9.58. The number of hydrogen-bond acceptors (Lipinski definition) is 3. The van der Waals surface area contributed by atoms with Gasteiger partial charge in [0.2, 0.25) is 0 Å². The van der Waals surface area contributed by atoms with E-state index in [0.717, 1.165) is 18.4 Å². The molecule has 1 aliphatic carbocycles. The summed E-state index contributed by atoms with van der Waals surface area (Å²) in [4.78, 5) is 14.1. The van der Waals surface area contributed by atoms with Gasteiger partial charge in [-0.05, 0) is 30.5 Å².